The van der Waals surface area contributed by atoms with Gasteiger partial charge in [0.2, 0.25) is 6.79 Å². The fraction of sp³-hybridized carbons (Fsp3) is 0.500. The SMILES string of the molecule is CC1CN=C(N(C)C)CC(N(C)CCc2ccc(O)c(O)c2)=N1.CC1CN=C(N)CC(=NCCc2ccc(O)c(O)c2)N1.CC1CN=C(N)CC(N(C)CCc2ccc(O)c(O)c2)=N1.CC1N=C(N(C)C)CC(N(C)CCc2cccc3c2OCO3)=NC1C.CC1N=C(N)CC(=NCCc2ccc(O)c(O)c2)NC1C.CC1N=C(N)CC(N(C)CCc2ccc(O)c(O)c2)=NC1C. The molecule has 0 amide bonds. The molecule has 0 bridgehead atoms. The third kappa shape index (κ3) is 33.8. The lowest BCUT2D eigenvalue weighted by Gasteiger charge is -2.23. The first-order chi connectivity index (χ1) is 62.6. The summed E-state index contributed by atoms with van der Waals surface area (Å²) in [6, 6.07) is 31.9. The maximum absolute atomic E-state index is 9.57. The molecule has 0 saturated carbocycles. The molecular formula is C96H142N24O12. The summed E-state index contributed by atoms with van der Waals surface area (Å²) in [4.78, 5) is 67.4. The highest BCUT2D eigenvalue weighted by atomic mass is 16.7. The van der Waals surface area contributed by atoms with Crippen molar-refractivity contribution in [1.29, 1.82) is 0 Å². The Kier molecular flexibility index (Phi) is 39.9. The third-order valence-electron chi connectivity index (χ3n) is 22.9. The zero-order chi connectivity index (χ0) is 96.6. The van der Waals surface area contributed by atoms with Crippen molar-refractivity contribution >= 4 is 70.0 Å². The highest BCUT2D eigenvalue weighted by molar-refractivity contribution is 6.06. The van der Waals surface area contributed by atoms with Gasteiger partial charge in [0.05, 0.1) is 100 Å². The Balaban J connectivity index is 0.000000195. The van der Waals surface area contributed by atoms with Gasteiger partial charge in [0.15, 0.2) is 69.0 Å². The molecule has 9 unspecified atom stereocenters. The van der Waals surface area contributed by atoms with Gasteiger partial charge in [0.1, 0.15) is 70.0 Å². The molecule has 7 aliphatic rings. The van der Waals surface area contributed by atoms with Gasteiger partial charge < -0.3 is 124 Å². The highest BCUT2D eigenvalue weighted by Gasteiger charge is 2.27. The second kappa shape index (κ2) is 50.7. The lowest BCUT2D eigenvalue weighted by Crippen LogP contribution is -2.37. The van der Waals surface area contributed by atoms with E-state index in [-0.39, 0.29) is 112 Å². The molecule has 718 valence electrons. The largest absolute Gasteiger partial charge is 0.504 e. The van der Waals surface area contributed by atoms with Crippen LogP contribution in [0.15, 0.2) is 169 Å². The molecule has 36 heteroatoms. The van der Waals surface area contributed by atoms with Crippen LogP contribution in [0.5, 0.6) is 69.0 Å². The summed E-state index contributed by atoms with van der Waals surface area (Å²) in [5, 5.41) is 101. The van der Waals surface area contributed by atoms with E-state index in [1.54, 1.807) is 54.6 Å². The second-order valence-corrected chi connectivity index (χ2v) is 34.7. The lowest BCUT2D eigenvalue weighted by atomic mass is 10.1. The molecule has 0 fully saturated rings. The number of benzene rings is 6. The smallest absolute Gasteiger partial charge is 0.231 e. The van der Waals surface area contributed by atoms with Crippen molar-refractivity contribution in [3.63, 3.8) is 0 Å². The Labute approximate surface area is 777 Å². The summed E-state index contributed by atoms with van der Waals surface area (Å²) < 4.78 is 11.1. The monoisotopic (exact) mass is 1820 g/mol. The number of para-hydroxylation sites is 1. The van der Waals surface area contributed by atoms with Gasteiger partial charge in [-0.3, -0.25) is 59.9 Å². The van der Waals surface area contributed by atoms with Crippen molar-refractivity contribution in [1.82, 2.24) is 40.0 Å². The van der Waals surface area contributed by atoms with E-state index in [0.717, 1.165) is 157 Å². The fourth-order valence-corrected chi connectivity index (χ4v) is 14.2. The summed E-state index contributed by atoms with van der Waals surface area (Å²) in [6.07, 6.45) is 8.23. The number of aromatic hydroxyl groups is 10. The van der Waals surface area contributed by atoms with Crippen molar-refractivity contribution in [2.24, 2.45) is 82.8 Å². The van der Waals surface area contributed by atoms with Crippen LogP contribution < -0.4 is 43.0 Å². The number of hydrogen-bond donors (Lipinski definition) is 16. The Hall–Kier alpha value is -13.4. The lowest BCUT2D eigenvalue weighted by molar-refractivity contribution is 0.173. The van der Waals surface area contributed by atoms with E-state index in [4.69, 9.17) is 52.4 Å². The number of fused-ring (bicyclic) bond motifs is 1. The predicted octanol–water partition coefficient (Wildman–Crippen LogP) is 8.72. The molecule has 20 N–H and O–H groups in total. The van der Waals surface area contributed by atoms with E-state index in [1.807, 2.05) is 107 Å². The number of phenolic OH excluding ortho intramolecular Hbond substituents is 10. The number of rotatable bonds is 18. The van der Waals surface area contributed by atoms with Gasteiger partial charge in [-0.1, -0.05) is 42.5 Å². The Bertz CT molecular complexity index is 5200. The van der Waals surface area contributed by atoms with Crippen molar-refractivity contribution in [2.75, 3.05) is 122 Å². The molecule has 36 nitrogen and oxygen atoms in total. The minimum absolute atomic E-state index is 0.0763. The number of hydrogen-bond acceptors (Lipinski definition) is 34. The van der Waals surface area contributed by atoms with Crippen molar-refractivity contribution in [3.05, 3.63) is 143 Å². The van der Waals surface area contributed by atoms with Crippen LogP contribution in [0.25, 0.3) is 0 Å². The molecule has 132 heavy (non-hydrogen) atoms. The van der Waals surface area contributed by atoms with Crippen LogP contribution in [0.1, 0.15) is 134 Å². The van der Waals surface area contributed by atoms with Crippen molar-refractivity contribution in [2.45, 2.75) is 194 Å². The molecule has 7 aliphatic heterocycles. The van der Waals surface area contributed by atoms with Crippen LogP contribution in [0.3, 0.4) is 0 Å². The van der Waals surface area contributed by atoms with E-state index in [1.165, 1.54) is 35.9 Å². The maximum atomic E-state index is 9.57. The van der Waals surface area contributed by atoms with Crippen LogP contribution in [-0.4, -0.2) is 327 Å². The molecule has 6 aromatic carbocycles. The molecule has 0 aliphatic carbocycles. The van der Waals surface area contributed by atoms with Gasteiger partial charge in [-0.2, -0.15) is 0 Å². The third-order valence-corrected chi connectivity index (χ3v) is 22.9. The summed E-state index contributed by atoms with van der Waals surface area (Å²) in [6.45, 7) is 25.2. The standard InChI is InChI=1S/C19H28N4O2.C17H26N4O2.C16H24N4O2.2C15H22N4O2.C14H20N4O2/c1-13-14(2)21-18(11-17(20-13)22(3)4)23(5)10-9-15-7-6-8-16-19(15)25-12-24-16;1-12-11-18-16(20(2)3)10-17(19-12)21(4)8-7-13-5-6-14(22)15(23)9-13;1-10-11(2)19-16(9-15(17)18-10)20(3)7-6-12-4-5-13(21)14(22)8-12;1-10-9-17-14(16)8-15(18-10)19(2)6-5-11-3-4-12(20)13(21)7-11;1-9-10(2)19-15(8-14(16)18-9)17-6-5-11-3-4-12(20)13(21)7-11;1-9-8-17-13(15)7-14(18-9)16-5-4-10-2-3-11(19)12(20)6-10/h6-8,13-14H,9-12H2,1-5H3;5-6,9,12,22-23H,7-8,10-11H2,1-4H3;4-5,8,10-11,21-22H,6-7,9H2,1-3H3,(H2,17,18);3-4,7,10,20-21H,5-6,8-9H2,1-2H3,(H2,16,17);3-4,7,9-10,20-21H,5-6,8H2,1-2H3,(H2,16,18)(H,17,19);2-3,6,9,19-20H,4-5,7-8H2,1H3,(H2,15,17)(H,16,18). The zero-order valence-electron chi connectivity index (χ0n) is 79.8. The number of nitrogens with one attached hydrogen (secondary N) is 2. The van der Waals surface area contributed by atoms with Gasteiger partial charge in [0, 0.05) is 108 Å². The van der Waals surface area contributed by atoms with E-state index in [0.29, 0.717) is 94.8 Å². The number of amidine groups is 12. The Morgan fingerprint density at radius 1 is 0.341 bits per heavy atom. The number of likely N-dealkylation sites (N-methyl/N-ethyl adjacent to an activating group) is 4. The molecule has 7 heterocycles. The number of nitrogens with two attached hydrogens (primary N) is 4. The van der Waals surface area contributed by atoms with E-state index >= 15 is 0 Å². The highest BCUT2D eigenvalue weighted by Crippen LogP contribution is 2.36. The van der Waals surface area contributed by atoms with E-state index < -0.39 is 0 Å². The summed E-state index contributed by atoms with van der Waals surface area (Å²) >= 11 is 0. The Morgan fingerprint density at radius 3 is 1.14 bits per heavy atom. The molecule has 0 saturated heterocycles. The number of nitrogens with zero attached hydrogens (tertiary/aromatic N) is 18. The number of phenols is 10. The summed E-state index contributed by atoms with van der Waals surface area (Å²) in [7, 11) is 16.2. The van der Waals surface area contributed by atoms with Crippen molar-refractivity contribution < 1.29 is 60.5 Å². The molecule has 6 aromatic rings. The molecule has 0 radical (unpaired) electrons. The van der Waals surface area contributed by atoms with Gasteiger partial charge >= 0.3 is 0 Å². The van der Waals surface area contributed by atoms with Gasteiger partial charge in [-0.25, -0.2) is 0 Å². The van der Waals surface area contributed by atoms with Crippen LogP contribution in [0.4, 0.5) is 0 Å². The zero-order valence-corrected chi connectivity index (χ0v) is 79.8. The molecule has 0 spiro atoms. The first-order valence-electron chi connectivity index (χ1n) is 44.9. The number of ether oxygens (including phenoxy) is 2. The van der Waals surface area contributed by atoms with Crippen LogP contribution in [0.2, 0.25) is 0 Å². The number of aliphatic imine (C=N–C) groups is 12. The first-order valence-corrected chi connectivity index (χ1v) is 44.9. The predicted molar refractivity (Wildman–Crippen MR) is 531 cm³/mol. The summed E-state index contributed by atoms with van der Waals surface area (Å²) in [5.41, 5.74) is 29.4. The second-order valence-electron chi connectivity index (χ2n) is 34.7. The molecule has 0 aromatic heterocycles. The minimum atomic E-state index is -0.109. The molecular weight excluding hydrogens is 1680 g/mol. The normalized spacial score (nSPS) is 21.0. The summed E-state index contributed by atoms with van der Waals surface area (Å²) in [5.74, 6) is 11.0. The average Bonchev–Trinajstić information content (AvgIpc) is 1.68. The van der Waals surface area contributed by atoms with Crippen LogP contribution >= 0.6 is 0 Å². The topological polar surface area (TPSA) is 517 Å². The van der Waals surface area contributed by atoms with E-state index in [9.17, 15) is 51.1 Å². The quantitative estimate of drug-likeness (QED) is 0.0357. The van der Waals surface area contributed by atoms with Crippen LogP contribution in [0, 0.1) is 0 Å². The molecule has 9 atom stereocenters. The van der Waals surface area contributed by atoms with Gasteiger partial charge in [-0.05, 0) is 201 Å². The van der Waals surface area contributed by atoms with Crippen molar-refractivity contribution in [3.8, 4) is 69.0 Å². The van der Waals surface area contributed by atoms with Gasteiger partial charge in [0.25, 0.3) is 0 Å². The average molecular weight is 1820 g/mol. The van der Waals surface area contributed by atoms with E-state index in [2.05, 4.69) is 116 Å². The first kappa shape index (κ1) is 104. The maximum Gasteiger partial charge on any atom is 0.231 e. The minimum Gasteiger partial charge on any atom is -0.504 e. The fourth-order valence-electron chi connectivity index (χ4n) is 14.2. The Morgan fingerprint density at radius 2 is 0.689 bits per heavy atom. The molecule has 13 rings (SSSR count). The van der Waals surface area contributed by atoms with Crippen LogP contribution in [-0.2, 0) is 38.5 Å². The van der Waals surface area contributed by atoms with Gasteiger partial charge in [-0.15, -0.1) is 0 Å².